The SMILES string of the molecule is COc1cc(Br)c2c(c1)[C@@H](N)CCO2. The largest absolute Gasteiger partial charge is 0.497 e. The number of hydrogen-bond donors (Lipinski definition) is 1. The molecule has 1 aliphatic rings. The quantitative estimate of drug-likeness (QED) is 0.840. The van der Waals surface area contributed by atoms with Crippen LogP contribution in [0.3, 0.4) is 0 Å². The Balaban J connectivity index is 2.51. The van der Waals surface area contributed by atoms with E-state index in [1.165, 1.54) is 0 Å². The van der Waals surface area contributed by atoms with E-state index in [9.17, 15) is 0 Å². The zero-order valence-electron chi connectivity index (χ0n) is 7.92. The van der Waals surface area contributed by atoms with Crippen LogP contribution in [0.1, 0.15) is 18.0 Å². The summed E-state index contributed by atoms with van der Waals surface area (Å²) >= 11 is 3.44. The predicted octanol–water partition coefficient (Wildman–Crippen LogP) is 2.24. The zero-order chi connectivity index (χ0) is 10.1. The highest BCUT2D eigenvalue weighted by molar-refractivity contribution is 9.10. The number of methoxy groups -OCH3 is 1. The first-order valence-corrected chi connectivity index (χ1v) is 5.27. The maximum absolute atomic E-state index is 5.98. The monoisotopic (exact) mass is 257 g/mol. The molecule has 2 rings (SSSR count). The Kier molecular flexibility index (Phi) is 2.65. The van der Waals surface area contributed by atoms with Crippen molar-refractivity contribution in [2.45, 2.75) is 12.5 Å². The van der Waals surface area contributed by atoms with E-state index in [1.54, 1.807) is 7.11 Å². The van der Waals surface area contributed by atoms with Crippen LogP contribution in [0.2, 0.25) is 0 Å². The average molecular weight is 258 g/mol. The lowest BCUT2D eigenvalue weighted by molar-refractivity contribution is 0.266. The number of hydrogen-bond acceptors (Lipinski definition) is 3. The number of ether oxygens (including phenoxy) is 2. The number of nitrogens with two attached hydrogens (primary N) is 1. The lowest BCUT2D eigenvalue weighted by Crippen LogP contribution is -2.20. The molecule has 0 unspecified atom stereocenters. The summed E-state index contributed by atoms with van der Waals surface area (Å²) in [5.41, 5.74) is 7.00. The molecule has 0 amide bonds. The summed E-state index contributed by atoms with van der Waals surface area (Å²) in [6.45, 7) is 0.680. The van der Waals surface area contributed by atoms with E-state index in [0.29, 0.717) is 6.61 Å². The van der Waals surface area contributed by atoms with E-state index in [4.69, 9.17) is 15.2 Å². The molecular formula is C10H12BrNO2. The van der Waals surface area contributed by atoms with Gasteiger partial charge < -0.3 is 15.2 Å². The number of halogens is 1. The van der Waals surface area contributed by atoms with Crippen molar-refractivity contribution >= 4 is 15.9 Å². The van der Waals surface area contributed by atoms with E-state index in [1.807, 2.05) is 12.1 Å². The minimum atomic E-state index is 0.0464. The van der Waals surface area contributed by atoms with E-state index >= 15 is 0 Å². The molecule has 1 atom stereocenters. The van der Waals surface area contributed by atoms with Gasteiger partial charge in [-0.1, -0.05) is 0 Å². The van der Waals surface area contributed by atoms with Gasteiger partial charge in [-0.15, -0.1) is 0 Å². The molecule has 0 aromatic heterocycles. The first kappa shape index (κ1) is 9.80. The maximum atomic E-state index is 5.98. The van der Waals surface area contributed by atoms with E-state index in [0.717, 1.165) is 28.0 Å². The highest BCUT2D eigenvalue weighted by atomic mass is 79.9. The molecule has 1 aromatic rings. The van der Waals surface area contributed by atoms with Crippen LogP contribution in [0.4, 0.5) is 0 Å². The molecule has 2 N–H and O–H groups in total. The number of rotatable bonds is 1. The molecule has 0 aliphatic carbocycles. The normalized spacial score (nSPS) is 19.8. The second-order valence-corrected chi connectivity index (χ2v) is 4.13. The fraction of sp³-hybridized carbons (Fsp3) is 0.400. The van der Waals surface area contributed by atoms with Crippen molar-refractivity contribution in [1.82, 2.24) is 0 Å². The first-order valence-electron chi connectivity index (χ1n) is 4.48. The van der Waals surface area contributed by atoms with Crippen LogP contribution in [0.5, 0.6) is 11.5 Å². The second-order valence-electron chi connectivity index (χ2n) is 3.27. The van der Waals surface area contributed by atoms with E-state index in [2.05, 4.69) is 15.9 Å². The van der Waals surface area contributed by atoms with Crippen LogP contribution in [0.25, 0.3) is 0 Å². The molecule has 1 heterocycles. The summed E-state index contributed by atoms with van der Waals surface area (Å²) in [4.78, 5) is 0. The standard InChI is InChI=1S/C10H12BrNO2/c1-13-6-4-7-9(12)2-3-14-10(7)8(11)5-6/h4-5,9H,2-3,12H2,1H3/t9-/m0/s1. The lowest BCUT2D eigenvalue weighted by Gasteiger charge is -2.24. The molecule has 1 aliphatic heterocycles. The van der Waals surface area contributed by atoms with Gasteiger partial charge in [-0.3, -0.25) is 0 Å². The zero-order valence-corrected chi connectivity index (χ0v) is 9.50. The maximum Gasteiger partial charge on any atom is 0.138 e. The highest BCUT2D eigenvalue weighted by Gasteiger charge is 2.21. The van der Waals surface area contributed by atoms with Crippen molar-refractivity contribution in [3.63, 3.8) is 0 Å². The van der Waals surface area contributed by atoms with E-state index in [-0.39, 0.29) is 6.04 Å². The van der Waals surface area contributed by atoms with Crippen molar-refractivity contribution < 1.29 is 9.47 Å². The summed E-state index contributed by atoms with van der Waals surface area (Å²) < 4.78 is 11.6. The minimum Gasteiger partial charge on any atom is -0.497 e. The van der Waals surface area contributed by atoms with Crippen molar-refractivity contribution in [1.29, 1.82) is 0 Å². The van der Waals surface area contributed by atoms with Crippen LogP contribution in [-0.2, 0) is 0 Å². The summed E-state index contributed by atoms with van der Waals surface area (Å²) in [5.74, 6) is 1.65. The van der Waals surface area contributed by atoms with Crippen molar-refractivity contribution in [2.75, 3.05) is 13.7 Å². The molecule has 14 heavy (non-hydrogen) atoms. The van der Waals surface area contributed by atoms with Gasteiger partial charge in [0.15, 0.2) is 0 Å². The Morgan fingerprint density at radius 1 is 1.57 bits per heavy atom. The molecule has 0 bridgehead atoms. The molecule has 0 saturated heterocycles. The van der Waals surface area contributed by atoms with Gasteiger partial charge in [-0.2, -0.15) is 0 Å². The topological polar surface area (TPSA) is 44.5 Å². The van der Waals surface area contributed by atoms with Gasteiger partial charge in [-0.25, -0.2) is 0 Å². The fourth-order valence-electron chi connectivity index (χ4n) is 1.58. The predicted molar refractivity (Wildman–Crippen MR) is 57.7 cm³/mol. The lowest BCUT2D eigenvalue weighted by atomic mass is 10.0. The fourth-order valence-corrected chi connectivity index (χ4v) is 2.15. The summed E-state index contributed by atoms with van der Waals surface area (Å²) in [6, 6.07) is 3.87. The van der Waals surface area contributed by atoms with Crippen molar-refractivity contribution in [2.24, 2.45) is 5.73 Å². The Morgan fingerprint density at radius 3 is 3.07 bits per heavy atom. The first-order chi connectivity index (χ1) is 6.72. The van der Waals surface area contributed by atoms with Gasteiger partial charge in [0.1, 0.15) is 11.5 Å². The second kappa shape index (κ2) is 3.79. The Morgan fingerprint density at radius 2 is 2.36 bits per heavy atom. The molecule has 0 saturated carbocycles. The van der Waals surface area contributed by atoms with Crippen LogP contribution in [0, 0.1) is 0 Å². The van der Waals surface area contributed by atoms with Crippen LogP contribution >= 0.6 is 15.9 Å². The third kappa shape index (κ3) is 1.60. The average Bonchev–Trinajstić information content (AvgIpc) is 2.19. The molecule has 0 radical (unpaired) electrons. The Labute approximate surface area is 91.3 Å². The molecule has 0 fully saturated rings. The van der Waals surface area contributed by atoms with Gasteiger partial charge in [0.25, 0.3) is 0 Å². The third-order valence-electron chi connectivity index (χ3n) is 2.36. The molecule has 1 aromatic carbocycles. The van der Waals surface area contributed by atoms with Crippen LogP contribution in [-0.4, -0.2) is 13.7 Å². The summed E-state index contributed by atoms with van der Waals surface area (Å²) in [5, 5.41) is 0. The third-order valence-corrected chi connectivity index (χ3v) is 2.95. The summed E-state index contributed by atoms with van der Waals surface area (Å²) in [6.07, 6.45) is 0.854. The van der Waals surface area contributed by atoms with Crippen LogP contribution in [0.15, 0.2) is 16.6 Å². The van der Waals surface area contributed by atoms with Gasteiger partial charge in [0.05, 0.1) is 18.2 Å². The van der Waals surface area contributed by atoms with E-state index < -0.39 is 0 Å². The van der Waals surface area contributed by atoms with Gasteiger partial charge in [-0.05, 0) is 28.1 Å². The molecule has 4 heteroatoms. The molecule has 3 nitrogen and oxygen atoms in total. The molecule has 0 spiro atoms. The van der Waals surface area contributed by atoms with Gasteiger partial charge in [0.2, 0.25) is 0 Å². The summed E-state index contributed by atoms with van der Waals surface area (Å²) in [7, 11) is 1.64. The highest BCUT2D eigenvalue weighted by Crippen LogP contribution is 2.39. The van der Waals surface area contributed by atoms with Gasteiger partial charge in [0, 0.05) is 18.0 Å². The minimum absolute atomic E-state index is 0.0464. The number of benzene rings is 1. The van der Waals surface area contributed by atoms with Crippen molar-refractivity contribution in [3.8, 4) is 11.5 Å². The Hall–Kier alpha value is -0.740. The van der Waals surface area contributed by atoms with Crippen molar-refractivity contribution in [3.05, 3.63) is 22.2 Å². The smallest absolute Gasteiger partial charge is 0.138 e. The Bertz CT molecular complexity index is 354. The number of fused-ring (bicyclic) bond motifs is 1. The molecule has 76 valence electrons. The van der Waals surface area contributed by atoms with Gasteiger partial charge >= 0.3 is 0 Å². The van der Waals surface area contributed by atoms with Crippen LogP contribution < -0.4 is 15.2 Å². The molecular weight excluding hydrogens is 246 g/mol.